The first-order valence-electron chi connectivity index (χ1n) is 8.76. The molecule has 4 rings (SSSR count). The predicted octanol–water partition coefficient (Wildman–Crippen LogP) is 5.45. The Morgan fingerprint density at radius 1 is 1.15 bits per heavy atom. The second kappa shape index (κ2) is 7.45. The van der Waals surface area contributed by atoms with E-state index in [0.717, 1.165) is 45.6 Å². The molecular weight excluding hydrogens is 357 g/mol. The number of aromatic amines is 1. The molecule has 0 bridgehead atoms. The van der Waals surface area contributed by atoms with Crippen molar-refractivity contribution in [3.8, 4) is 11.3 Å². The van der Waals surface area contributed by atoms with Gasteiger partial charge in [0, 0.05) is 34.5 Å². The summed E-state index contributed by atoms with van der Waals surface area (Å²) >= 11 is 1.75. The van der Waals surface area contributed by atoms with Gasteiger partial charge in [0.05, 0.1) is 5.69 Å². The minimum Gasteiger partial charge on any atom is -0.384 e. The van der Waals surface area contributed by atoms with Crippen LogP contribution in [-0.4, -0.2) is 28.8 Å². The first-order chi connectivity index (χ1) is 13.2. The molecule has 1 heterocycles. The maximum Gasteiger partial charge on any atom is 0.151 e. The number of hydrogen-bond donors (Lipinski definition) is 2. The fraction of sp³-hybridized carbons (Fsp3) is 0.136. The molecule has 0 atom stereocenters. The Labute approximate surface area is 161 Å². The average molecular weight is 377 g/mol. The van der Waals surface area contributed by atoms with E-state index in [0.29, 0.717) is 5.52 Å². The lowest BCUT2D eigenvalue weighted by Gasteiger charge is -2.10. The van der Waals surface area contributed by atoms with Gasteiger partial charge in [0.1, 0.15) is 5.52 Å². The minimum absolute atomic E-state index is 0.346. The monoisotopic (exact) mass is 377 g/mol. The SMILES string of the molecule is C=C(NCCSC)c1cc(F)c2n[nH]c(-c3ccc4ccccc4c3)c2c1. The zero-order chi connectivity index (χ0) is 18.8. The van der Waals surface area contributed by atoms with Gasteiger partial charge in [0.25, 0.3) is 0 Å². The Bertz CT molecular complexity index is 1130. The van der Waals surface area contributed by atoms with Gasteiger partial charge in [-0.05, 0) is 35.2 Å². The molecule has 5 heteroatoms. The fourth-order valence-corrected chi connectivity index (χ4v) is 3.53. The van der Waals surface area contributed by atoms with Crippen molar-refractivity contribution in [3.05, 3.63) is 72.6 Å². The quantitative estimate of drug-likeness (QED) is 0.439. The number of H-pyrrole nitrogens is 1. The molecular formula is C22H20FN3S. The van der Waals surface area contributed by atoms with Gasteiger partial charge in [-0.25, -0.2) is 4.39 Å². The Hall–Kier alpha value is -2.79. The standard InChI is InChI=1S/C22H20FN3S/c1-14(24-9-10-27-2)18-12-19-21(25-26-22(19)20(23)13-18)17-8-7-15-5-3-4-6-16(15)11-17/h3-8,11-13,24H,1,9-10H2,2H3,(H,25,26). The third kappa shape index (κ3) is 3.43. The highest BCUT2D eigenvalue weighted by Crippen LogP contribution is 2.31. The largest absolute Gasteiger partial charge is 0.384 e. The van der Waals surface area contributed by atoms with Crippen molar-refractivity contribution in [3.63, 3.8) is 0 Å². The van der Waals surface area contributed by atoms with Gasteiger partial charge in [0.2, 0.25) is 0 Å². The molecule has 27 heavy (non-hydrogen) atoms. The number of aromatic nitrogens is 2. The molecule has 0 unspecified atom stereocenters. The van der Waals surface area contributed by atoms with Gasteiger partial charge >= 0.3 is 0 Å². The van der Waals surface area contributed by atoms with Crippen LogP contribution in [0.5, 0.6) is 0 Å². The van der Waals surface area contributed by atoms with E-state index in [9.17, 15) is 4.39 Å². The third-order valence-corrected chi connectivity index (χ3v) is 5.26. The lowest BCUT2D eigenvalue weighted by atomic mass is 10.0. The number of nitrogens with zero attached hydrogens (tertiary/aromatic N) is 1. The van der Waals surface area contributed by atoms with Crippen LogP contribution >= 0.6 is 11.8 Å². The van der Waals surface area contributed by atoms with Crippen LogP contribution in [0.25, 0.3) is 38.6 Å². The van der Waals surface area contributed by atoms with E-state index < -0.39 is 0 Å². The van der Waals surface area contributed by atoms with Crippen LogP contribution in [0, 0.1) is 5.82 Å². The second-order valence-corrected chi connectivity index (χ2v) is 7.40. The van der Waals surface area contributed by atoms with E-state index in [1.54, 1.807) is 11.8 Å². The molecule has 0 fully saturated rings. The van der Waals surface area contributed by atoms with Crippen molar-refractivity contribution < 1.29 is 4.39 Å². The summed E-state index contributed by atoms with van der Waals surface area (Å²) < 4.78 is 14.6. The number of benzene rings is 3. The van der Waals surface area contributed by atoms with Gasteiger partial charge in [-0.1, -0.05) is 43.0 Å². The number of nitrogens with one attached hydrogen (secondary N) is 2. The number of fused-ring (bicyclic) bond motifs is 2. The highest BCUT2D eigenvalue weighted by Gasteiger charge is 2.14. The molecule has 4 aromatic rings. The van der Waals surface area contributed by atoms with Crippen LogP contribution in [0.2, 0.25) is 0 Å². The van der Waals surface area contributed by atoms with Crippen LogP contribution in [0.3, 0.4) is 0 Å². The summed E-state index contributed by atoms with van der Waals surface area (Å²) in [7, 11) is 0. The Balaban J connectivity index is 1.77. The fourth-order valence-electron chi connectivity index (χ4n) is 3.22. The molecule has 0 radical (unpaired) electrons. The van der Waals surface area contributed by atoms with Gasteiger partial charge in [-0.2, -0.15) is 16.9 Å². The van der Waals surface area contributed by atoms with Crippen molar-refractivity contribution in [2.24, 2.45) is 0 Å². The molecule has 3 aromatic carbocycles. The van der Waals surface area contributed by atoms with Crippen LogP contribution in [0.1, 0.15) is 5.56 Å². The van der Waals surface area contributed by atoms with Crippen molar-refractivity contribution in [2.75, 3.05) is 18.6 Å². The highest BCUT2D eigenvalue weighted by atomic mass is 32.2. The minimum atomic E-state index is -0.349. The predicted molar refractivity (Wildman–Crippen MR) is 114 cm³/mol. The number of thioether (sulfide) groups is 1. The Kier molecular flexibility index (Phi) is 4.86. The van der Waals surface area contributed by atoms with Crippen molar-refractivity contribution in [1.82, 2.24) is 15.5 Å². The van der Waals surface area contributed by atoms with Gasteiger partial charge in [0.15, 0.2) is 5.82 Å². The summed E-state index contributed by atoms with van der Waals surface area (Å²) in [4.78, 5) is 0. The Morgan fingerprint density at radius 2 is 1.96 bits per heavy atom. The maximum absolute atomic E-state index is 14.6. The summed E-state index contributed by atoms with van der Waals surface area (Å²) in [5.74, 6) is 0.622. The van der Waals surface area contributed by atoms with E-state index in [2.05, 4.69) is 52.6 Å². The average Bonchev–Trinajstić information content (AvgIpc) is 3.12. The summed E-state index contributed by atoms with van der Waals surface area (Å²) in [6.07, 6.45) is 2.05. The number of hydrogen-bond acceptors (Lipinski definition) is 3. The van der Waals surface area contributed by atoms with Gasteiger partial charge in [-0.15, -0.1) is 0 Å². The van der Waals surface area contributed by atoms with Crippen molar-refractivity contribution in [1.29, 1.82) is 0 Å². The van der Waals surface area contributed by atoms with Crippen LogP contribution in [0.15, 0.2) is 61.2 Å². The Morgan fingerprint density at radius 3 is 2.78 bits per heavy atom. The molecule has 0 saturated heterocycles. The van der Waals surface area contributed by atoms with Crippen molar-refractivity contribution in [2.45, 2.75) is 0 Å². The summed E-state index contributed by atoms with van der Waals surface area (Å²) in [5.41, 5.74) is 3.60. The lowest BCUT2D eigenvalue weighted by molar-refractivity contribution is 0.635. The van der Waals surface area contributed by atoms with E-state index >= 15 is 0 Å². The second-order valence-electron chi connectivity index (χ2n) is 6.41. The zero-order valence-corrected chi connectivity index (χ0v) is 15.9. The smallest absolute Gasteiger partial charge is 0.151 e. The van der Waals surface area contributed by atoms with E-state index in [-0.39, 0.29) is 5.82 Å². The van der Waals surface area contributed by atoms with Crippen molar-refractivity contribution >= 4 is 39.1 Å². The molecule has 136 valence electrons. The molecule has 3 nitrogen and oxygen atoms in total. The van der Waals surface area contributed by atoms with E-state index in [1.165, 1.54) is 11.5 Å². The summed E-state index contributed by atoms with van der Waals surface area (Å²) in [5, 5.41) is 13.5. The molecule has 0 amide bonds. The van der Waals surface area contributed by atoms with E-state index in [4.69, 9.17) is 0 Å². The van der Waals surface area contributed by atoms with Crippen LogP contribution in [0.4, 0.5) is 4.39 Å². The normalized spacial score (nSPS) is 11.2. The maximum atomic E-state index is 14.6. The molecule has 0 aliphatic carbocycles. The number of rotatable bonds is 6. The van der Waals surface area contributed by atoms with Crippen LogP contribution in [-0.2, 0) is 0 Å². The topological polar surface area (TPSA) is 40.7 Å². The molecule has 1 aromatic heterocycles. The van der Waals surface area contributed by atoms with Gasteiger partial charge in [-0.3, -0.25) is 5.10 Å². The number of halogens is 1. The zero-order valence-electron chi connectivity index (χ0n) is 15.1. The van der Waals surface area contributed by atoms with E-state index in [1.807, 2.05) is 24.3 Å². The summed E-state index contributed by atoms with van der Waals surface area (Å²) in [6, 6.07) is 17.8. The van der Waals surface area contributed by atoms with Gasteiger partial charge < -0.3 is 5.32 Å². The molecule has 0 aliphatic rings. The summed E-state index contributed by atoms with van der Waals surface area (Å²) in [6.45, 7) is 4.85. The van der Waals surface area contributed by atoms with Crippen LogP contribution < -0.4 is 5.32 Å². The lowest BCUT2D eigenvalue weighted by Crippen LogP contribution is -2.14. The first-order valence-corrected chi connectivity index (χ1v) is 10.2. The molecule has 0 spiro atoms. The molecule has 0 aliphatic heterocycles. The first kappa shape index (κ1) is 17.6. The highest BCUT2D eigenvalue weighted by molar-refractivity contribution is 7.98. The molecule has 0 saturated carbocycles. The third-order valence-electron chi connectivity index (χ3n) is 4.64. The molecule has 2 N–H and O–H groups in total.